The van der Waals surface area contributed by atoms with Gasteiger partial charge in [-0.25, -0.2) is 0 Å². The molecule has 18 heavy (non-hydrogen) atoms. The lowest BCUT2D eigenvalue weighted by Crippen LogP contribution is -2.03. The van der Waals surface area contributed by atoms with Crippen LogP contribution in [0.4, 0.5) is 5.69 Å². The molecule has 0 aliphatic rings. The Morgan fingerprint density at radius 1 is 1.17 bits per heavy atom. The predicted octanol–water partition coefficient (Wildman–Crippen LogP) is 3.44. The second kappa shape index (κ2) is 5.25. The number of nitrogens with zero attached hydrogens (tertiary/aromatic N) is 2. The lowest BCUT2D eigenvalue weighted by molar-refractivity contribution is 0.638. The van der Waals surface area contributed by atoms with Crippen LogP contribution < -0.4 is 5.32 Å². The molecule has 1 aromatic carbocycles. The fourth-order valence-corrected chi connectivity index (χ4v) is 2.03. The summed E-state index contributed by atoms with van der Waals surface area (Å²) in [6, 6.07) is 6.47. The Morgan fingerprint density at radius 3 is 2.56 bits per heavy atom. The number of rotatable bonds is 4. The summed E-state index contributed by atoms with van der Waals surface area (Å²) in [6.45, 7) is 10.3. The average Bonchev–Trinajstić information content (AvgIpc) is 2.72. The molecule has 0 unspecified atom stereocenters. The maximum absolute atomic E-state index is 4.35. The van der Waals surface area contributed by atoms with Crippen LogP contribution in [0.3, 0.4) is 0 Å². The normalized spacial score (nSPS) is 10.7. The fourth-order valence-electron chi connectivity index (χ4n) is 2.03. The van der Waals surface area contributed by atoms with Gasteiger partial charge in [-0.05, 0) is 51.0 Å². The lowest BCUT2D eigenvalue weighted by atomic mass is 10.1. The largest absolute Gasteiger partial charge is 0.381 e. The minimum atomic E-state index is 0.828. The van der Waals surface area contributed by atoms with Gasteiger partial charge in [0.15, 0.2) is 0 Å². The molecule has 0 saturated heterocycles. The van der Waals surface area contributed by atoms with Gasteiger partial charge in [0.2, 0.25) is 0 Å². The van der Waals surface area contributed by atoms with Crippen molar-refractivity contribution in [1.29, 1.82) is 0 Å². The molecule has 3 nitrogen and oxygen atoms in total. The van der Waals surface area contributed by atoms with Crippen LogP contribution in [0.1, 0.15) is 29.3 Å². The SMILES string of the molecule is CCn1ncc(CNc2ccc(C)c(C)c2)c1C. The number of hydrogen-bond donors (Lipinski definition) is 1. The summed E-state index contributed by atoms with van der Waals surface area (Å²) in [7, 11) is 0. The first-order chi connectivity index (χ1) is 8.61. The third kappa shape index (κ3) is 2.55. The highest BCUT2D eigenvalue weighted by Crippen LogP contribution is 2.16. The molecule has 0 amide bonds. The van der Waals surface area contributed by atoms with Crippen molar-refractivity contribution in [3.05, 3.63) is 46.8 Å². The molecule has 0 aliphatic carbocycles. The van der Waals surface area contributed by atoms with Crippen molar-refractivity contribution in [1.82, 2.24) is 9.78 Å². The first-order valence-corrected chi connectivity index (χ1v) is 6.44. The molecule has 2 aromatic rings. The zero-order chi connectivity index (χ0) is 13.1. The van der Waals surface area contributed by atoms with E-state index in [4.69, 9.17) is 0 Å². The number of hydrogen-bond acceptors (Lipinski definition) is 2. The van der Waals surface area contributed by atoms with E-state index in [1.807, 2.05) is 10.9 Å². The van der Waals surface area contributed by atoms with Gasteiger partial charge < -0.3 is 5.32 Å². The van der Waals surface area contributed by atoms with E-state index < -0.39 is 0 Å². The van der Waals surface area contributed by atoms with Crippen LogP contribution in [0.5, 0.6) is 0 Å². The van der Waals surface area contributed by atoms with E-state index in [9.17, 15) is 0 Å². The molecule has 1 heterocycles. The van der Waals surface area contributed by atoms with Crippen LogP contribution in [-0.2, 0) is 13.1 Å². The molecule has 0 fully saturated rings. The van der Waals surface area contributed by atoms with Crippen LogP contribution in [0.2, 0.25) is 0 Å². The Morgan fingerprint density at radius 2 is 1.94 bits per heavy atom. The summed E-state index contributed by atoms with van der Waals surface area (Å²) in [5, 5.41) is 7.81. The predicted molar refractivity (Wildman–Crippen MR) is 75.9 cm³/mol. The van der Waals surface area contributed by atoms with E-state index in [2.05, 4.69) is 56.3 Å². The van der Waals surface area contributed by atoms with Gasteiger partial charge in [0.1, 0.15) is 0 Å². The highest BCUT2D eigenvalue weighted by molar-refractivity contribution is 5.48. The molecular weight excluding hydrogens is 222 g/mol. The summed E-state index contributed by atoms with van der Waals surface area (Å²) in [6.07, 6.45) is 1.95. The zero-order valence-corrected chi connectivity index (χ0v) is 11.6. The van der Waals surface area contributed by atoms with Crippen molar-refractivity contribution < 1.29 is 0 Å². The van der Waals surface area contributed by atoms with Crippen molar-refractivity contribution in [2.45, 2.75) is 40.8 Å². The zero-order valence-electron chi connectivity index (χ0n) is 11.6. The van der Waals surface area contributed by atoms with Crippen molar-refractivity contribution in [3.8, 4) is 0 Å². The smallest absolute Gasteiger partial charge is 0.0542 e. The first-order valence-electron chi connectivity index (χ1n) is 6.44. The van der Waals surface area contributed by atoms with E-state index >= 15 is 0 Å². The van der Waals surface area contributed by atoms with Crippen LogP contribution >= 0.6 is 0 Å². The van der Waals surface area contributed by atoms with Crippen LogP contribution in [-0.4, -0.2) is 9.78 Å². The van der Waals surface area contributed by atoms with Crippen LogP contribution in [0, 0.1) is 20.8 Å². The Balaban J connectivity index is 2.06. The molecule has 0 bridgehead atoms. The molecule has 0 radical (unpaired) electrons. The molecule has 0 aliphatic heterocycles. The fraction of sp³-hybridized carbons (Fsp3) is 0.400. The molecular formula is C15H21N3. The van der Waals surface area contributed by atoms with Gasteiger partial charge in [0, 0.05) is 30.0 Å². The van der Waals surface area contributed by atoms with E-state index in [-0.39, 0.29) is 0 Å². The summed E-state index contributed by atoms with van der Waals surface area (Å²) in [5.41, 5.74) is 6.32. The van der Waals surface area contributed by atoms with E-state index in [0.717, 1.165) is 13.1 Å². The minimum Gasteiger partial charge on any atom is -0.381 e. The third-order valence-electron chi connectivity index (χ3n) is 3.49. The summed E-state index contributed by atoms with van der Waals surface area (Å²) >= 11 is 0. The average molecular weight is 243 g/mol. The highest BCUT2D eigenvalue weighted by Gasteiger charge is 2.04. The number of aromatic nitrogens is 2. The van der Waals surface area contributed by atoms with Crippen molar-refractivity contribution in [2.75, 3.05) is 5.32 Å². The van der Waals surface area contributed by atoms with Gasteiger partial charge in [-0.2, -0.15) is 5.10 Å². The van der Waals surface area contributed by atoms with E-state index in [1.165, 1.54) is 28.1 Å². The number of aryl methyl sites for hydroxylation is 3. The molecule has 1 aromatic heterocycles. The van der Waals surface area contributed by atoms with Gasteiger partial charge in [0.25, 0.3) is 0 Å². The Bertz CT molecular complexity index is 541. The Kier molecular flexibility index (Phi) is 3.70. The molecule has 0 saturated carbocycles. The quantitative estimate of drug-likeness (QED) is 0.891. The Labute approximate surface area is 109 Å². The molecule has 0 spiro atoms. The second-order valence-corrected chi connectivity index (χ2v) is 4.72. The first kappa shape index (κ1) is 12.7. The lowest BCUT2D eigenvalue weighted by Gasteiger charge is -2.08. The van der Waals surface area contributed by atoms with Gasteiger partial charge in [-0.15, -0.1) is 0 Å². The minimum absolute atomic E-state index is 0.828. The van der Waals surface area contributed by atoms with Crippen molar-refractivity contribution in [2.24, 2.45) is 0 Å². The maximum atomic E-state index is 4.35. The molecule has 96 valence electrons. The summed E-state index contributed by atoms with van der Waals surface area (Å²) in [4.78, 5) is 0. The monoisotopic (exact) mass is 243 g/mol. The second-order valence-electron chi connectivity index (χ2n) is 4.72. The molecule has 1 N–H and O–H groups in total. The van der Waals surface area contributed by atoms with E-state index in [1.54, 1.807) is 0 Å². The van der Waals surface area contributed by atoms with Gasteiger partial charge >= 0.3 is 0 Å². The standard InChI is InChI=1S/C15H21N3/c1-5-18-13(4)14(10-17-18)9-16-15-7-6-11(2)12(3)8-15/h6-8,10,16H,5,9H2,1-4H3. The topological polar surface area (TPSA) is 29.9 Å². The molecule has 0 atom stereocenters. The van der Waals surface area contributed by atoms with Gasteiger partial charge in [-0.3, -0.25) is 4.68 Å². The van der Waals surface area contributed by atoms with Gasteiger partial charge in [-0.1, -0.05) is 6.07 Å². The molecule has 3 heteroatoms. The van der Waals surface area contributed by atoms with Crippen molar-refractivity contribution in [3.63, 3.8) is 0 Å². The van der Waals surface area contributed by atoms with Crippen LogP contribution in [0.15, 0.2) is 24.4 Å². The number of benzene rings is 1. The number of nitrogens with one attached hydrogen (secondary N) is 1. The molecule has 2 rings (SSSR count). The summed E-state index contributed by atoms with van der Waals surface area (Å²) < 4.78 is 2.03. The maximum Gasteiger partial charge on any atom is 0.0542 e. The van der Waals surface area contributed by atoms with Gasteiger partial charge in [0.05, 0.1) is 6.20 Å². The summed E-state index contributed by atoms with van der Waals surface area (Å²) in [5.74, 6) is 0. The third-order valence-corrected chi connectivity index (χ3v) is 3.49. The Hall–Kier alpha value is -1.77. The number of anilines is 1. The van der Waals surface area contributed by atoms with Crippen LogP contribution in [0.25, 0.3) is 0 Å². The van der Waals surface area contributed by atoms with E-state index in [0.29, 0.717) is 0 Å². The van der Waals surface area contributed by atoms with Crippen molar-refractivity contribution >= 4 is 5.69 Å². The highest BCUT2D eigenvalue weighted by atomic mass is 15.3.